The number of hydrogen-bond acceptors (Lipinski definition) is 5. The maximum absolute atomic E-state index is 11.6. The second kappa shape index (κ2) is 9.35. The summed E-state index contributed by atoms with van der Waals surface area (Å²) in [6, 6.07) is 12.2. The van der Waals surface area contributed by atoms with Crippen LogP contribution in [0.15, 0.2) is 42.5 Å². The van der Waals surface area contributed by atoms with Crippen LogP contribution in [0.5, 0.6) is 0 Å². The molecular formula is C19H17ClN2O4. The second-order valence-electron chi connectivity index (χ2n) is 5.13. The Morgan fingerprint density at radius 2 is 1.96 bits per heavy atom. The lowest BCUT2D eigenvalue weighted by Gasteiger charge is -2.06. The van der Waals surface area contributed by atoms with Crippen molar-refractivity contribution in [3.63, 3.8) is 0 Å². The van der Waals surface area contributed by atoms with Crippen molar-refractivity contribution >= 4 is 29.4 Å². The van der Waals surface area contributed by atoms with E-state index in [9.17, 15) is 9.59 Å². The van der Waals surface area contributed by atoms with Gasteiger partial charge in [-0.05, 0) is 17.7 Å². The summed E-state index contributed by atoms with van der Waals surface area (Å²) in [7, 11) is 1.26. The topological polar surface area (TPSA) is 90.6 Å². The summed E-state index contributed by atoms with van der Waals surface area (Å²) in [4.78, 5) is 23.3. The Morgan fingerprint density at radius 3 is 2.65 bits per heavy atom. The molecule has 1 amide bonds. The smallest absolute Gasteiger partial charge is 0.408 e. The van der Waals surface area contributed by atoms with Crippen molar-refractivity contribution in [3.8, 4) is 11.8 Å². The zero-order valence-electron chi connectivity index (χ0n) is 14.0. The number of hydrogen-bond donors (Lipinski definition) is 2. The van der Waals surface area contributed by atoms with Gasteiger partial charge in [-0.3, -0.25) is 0 Å². The molecule has 2 rings (SSSR count). The number of rotatable bonds is 4. The summed E-state index contributed by atoms with van der Waals surface area (Å²) in [6.45, 7) is 0.230. The molecule has 0 bridgehead atoms. The molecule has 0 saturated heterocycles. The molecule has 0 fully saturated rings. The first-order chi connectivity index (χ1) is 12.5. The van der Waals surface area contributed by atoms with Crippen molar-refractivity contribution in [2.24, 2.45) is 0 Å². The molecule has 0 radical (unpaired) electrons. The Labute approximate surface area is 156 Å². The van der Waals surface area contributed by atoms with Gasteiger partial charge in [0.25, 0.3) is 0 Å². The van der Waals surface area contributed by atoms with Crippen LogP contribution in [-0.2, 0) is 16.1 Å². The highest BCUT2D eigenvalue weighted by molar-refractivity contribution is 6.32. The summed E-state index contributed by atoms with van der Waals surface area (Å²) in [6.07, 6.45) is -0.582. The van der Waals surface area contributed by atoms with E-state index in [1.165, 1.54) is 19.2 Å². The zero-order valence-corrected chi connectivity index (χ0v) is 14.8. The molecule has 0 aliphatic carbocycles. The maximum atomic E-state index is 11.6. The number of carbonyl (C=O) groups excluding carboxylic acids is 2. The van der Waals surface area contributed by atoms with Crippen LogP contribution in [0.2, 0.25) is 5.02 Å². The lowest BCUT2D eigenvalue weighted by atomic mass is 10.1. The lowest BCUT2D eigenvalue weighted by Crippen LogP contribution is -2.24. The molecule has 0 aliphatic rings. The fourth-order valence-corrected chi connectivity index (χ4v) is 2.22. The molecule has 26 heavy (non-hydrogen) atoms. The van der Waals surface area contributed by atoms with Crippen LogP contribution in [0.25, 0.3) is 0 Å². The molecule has 0 aliphatic heterocycles. The quantitative estimate of drug-likeness (QED) is 0.489. The minimum atomic E-state index is -0.582. The van der Waals surface area contributed by atoms with Crippen molar-refractivity contribution in [1.82, 2.24) is 5.32 Å². The van der Waals surface area contributed by atoms with E-state index in [1.807, 2.05) is 30.3 Å². The lowest BCUT2D eigenvalue weighted by molar-refractivity contribution is 0.0602. The first-order valence-electron chi connectivity index (χ1n) is 7.62. The van der Waals surface area contributed by atoms with Gasteiger partial charge in [0.05, 0.1) is 24.2 Å². The summed E-state index contributed by atoms with van der Waals surface area (Å²) in [5, 5.41) is 2.81. The SMILES string of the molecule is COC(=O)c1cc(C#CCNC(=O)OCc2ccccc2)c(Cl)cc1N. The Morgan fingerprint density at radius 1 is 1.23 bits per heavy atom. The van der Waals surface area contributed by atoms with Crippen molar-refractivity contribution in [2.75, 3.05) is 19.4 Å². The Kier molecular flexibility index (Phi) is 6.89. The number of carbonyl (C=O) groups is 2. The number of alkyl carbamates (subject to hydrolysis) is 1. The predicted octanol–water partition coefficient (Wildman–Crippen LogP) is 2.99. The summed E-state index contributed by atoms with van der Waals surface area (Å²) in [5.41, 5.74) is 7.41. The molecule has 134 valence electrons. The average molecular weight is 373 g/mol. The molecule has 0 atom stereocenters. The predicted molar refractivity (Wildman–Crippen MR) is 98.7 cm³/mol. The molecule has 0 heterocycles. The van der Waals surface area contributed by atoms with Gasteiger partial charge in [-0.2, -0.15) is 0 Å². The van der Waals surface area contributed by atoms with Crippen molar-refractivity contribution in [1.29, 1.82) is 0 Å². The van der Waals surface area contributed by atoms with Gasteiger partial charge in [-0.1, -0.05) is 53.8 Å². The maximum Gasteiger partial charge on any atom is 0.408 e. The standard InChI is InChI=1S/C19H17ClN2O4/c1-25-18(23)15-10-14(16(20)11-17(15)21)8-5-9-22-19(24)26-12-13-6-3-2-4-7-13/h2-4,6-7,10-11H,9,12,21H2,1H3,(H,22,24). The van der Waals surface area contributed by atoms with Gasteiger partial charge in [-0.25, -0.2) is 9.59 Å². The summed E-state index contributed by atoms with van der Waals surface area (Å²) in [5.74, 6) is 4.93. The minimum absolute atomic E-state index is 0.0574. The van der Waals surface area contributed by atoms with E-state index in [4.69, 9.17) is 22.1 Å². The fraction of sp³-hybridized carbons (Fsp3) is 0.158. The van der Waals surface area contributed by atoms with E-state index in [1.54, 1.807) is 0 Å². The number of amides is 1. The van der Waals surface area contributed by atoms with Crippen LogP contribution in [0.4, 0.5) is 10.5 Å². The highest BCUT2D eigenvalue weighted by Gasteiger charge is 2.12. The Balaban J connectivity index is 1.91. The molecule has 0 aromatic heterocycles. The number of nitrogens with one attached hydrogen (secondary N) is 1. The van der Waals surface area contributed by atoms with Gasteiger partial charge < -0.3 is 20.5 Å². The number of esters is 1. The molecule has 7 heteroatoms. The largest absolute Gasteiger partial charge is 0.465 e. The van der Waals surface area contributed by atoms with Crippen molar-refractivity contribution in [2.45, 2.75) is 6.61 Å². The third-order valence-electron chi connectivity index (χ3n) is 3.30. The molecule has 0 spiro atoms. The van der Waals surface area contributed by atoms with Crippen molar-refractivity contribution < 1.29 is 19.1 Å². The average Bonchev–Trinajstić information content (AvgIpc) is 2.65. The number of nitrogens with two attached hydrogens (primary N) is 1. The number of nitrogen functional groups attached to an aromatic ring is 1. The number of anilines is 1. The van der Waals surface area contributed by atoms with E-state index < -0.39 is 12.1 Å². The number of benzene rings is 2. The zero-order chi connectivity index (χ0) is 18.9. The number of ether oxygens (including phenoxy) is 2. The van der Waals surface area contributed by atoms with Crippen LogP contribution in [-0.4, -0.2) is 25.7 Å². The molecular weight excluding hydrogens is 356 g/mol. The Bertz CT molecular complexity index is 857. The van der Waals surface area contributed by atoms with Crippen LogP contribution < -0.4 is 11.1 Å². The van der Waals surface area contributed by atoms with Crippen LogP contribution in [0, 0.1) is 11.8 Å². The van der Waals surface area contributed by atoms with E-state index >= 15 is 0 Å². The van der Waals surface area contributed by atoms with Gasteiger partial charge in [-0.15, -0.1) is 0 Å². The minimum Gasteiger partial charge on any atom is -0.465 e. The molecule has 6 nitrogen and oxygen atoms in total. The Hall–Kier alpha value is -3.17. The van der Waals surface area contributed by atoms with Gasteiger partial charge in [0.1, 0.15) is 6.61 Å². The molecule has 0 saturated carbocycles. The third-order valence-corrected chi connectivity index (χ3v) is 3.61. The highest BCUT2D eigenvalue weighted by Crippen LogP contribution is 2.23. The van der Waals surface area contributed by atoms with Gasteiger partial charge in [0.2, 0.25) is 0 Å². The van der Waals surface area contributed by atoms with E-state index in [0.717, 1.165) is 5.56 Å². The van der Waals surface area contributed by atoms with Crippen LogP contribution >= 0.6 is 11.6 Å². The molecule has 0 unspecified atom stereocenters. The first-order valence-corrected chi connectivity index (χ1v) is 8.00. The van der Waals surface area contributed by atoms with Crippen molar-refractivity contribution in [3.05, 3.63) is 64.2 Å². The second-order valence-corrected chi connectivity index (χ2v) is 5.54. The third kappa shape index (κ3) is 5.43. The van der Waals surface area contributed by atoms with Gasteiger partial charge in [0, 0.05) is 11.3 Å². The number of methoxy groups -OCH3 is 1. The van der Waals surface area contributed by atoms with Crippen LogP contribution in [0.1, 0.15) is 21.5 Å². The summed E-state index contributed by atoms with van der Waals surface area (Å²) >= 11 is 6.06. The highest BCUT2D eigenvalue weighted by atomic mass is 35.5. The van der Waals surface area contributed by atoms with Gasteiger partial charge >= 0.3 is 12.1 Å². The van der Waals surface area contributed by atoms with E-state index in [2.05, 4.69) is 21.9 Å². The molecule has 3 N–H and O–H groups in total. The fourth-order valence-electron chi connectivity index (χ4n) is 2.00. The molecule has 2 aromatic rings. The summed E-state index contributed by atoms with van der Waals surface area (Å²) < 4.78 is 9.71. The van der Waals surface area contributed by atoms with E-state index in [0.29, 0.717) is 10.6 Å². The number of halogens is 1. The normalized spacial score (nSPS) is 9.62. The molecule has 2 aromatic carbocycles. The first kappa shape index (κ1) is 19.2. The van der Waals surface area contributed by atoms with Gasteiger partial charge in [0.15, 0.2) is 0 Å². The van der Waals surface area contributed by atoms with Crippen LogP contribution in [0.3, 0.4) is 0 Å². The van der Waals surface area contributed by atoms with E-state index in [-0.39, 0.29) is 24.4 Å². The monoisotopic (exact) mass is 372 g/mol.